The fourth-order valence-corrected chi connectivity index (χ4v) is 1.25. The highest BCUT2D eigenvalue weighted by molar-refractivity contribution is 5.62. The quantitative estimate of drug-likeness (QED) is 0.722. The van der Waals surface area contributed by atoms with E-state index in [9.17, 15) is 13.2 Å². The molecule has 1 heterocycles. The van der Waals surface area contributed by atoms with Gasteiger partial charge in [-0.15, -0.1) is 0 Å². The average molecular weight is 210 g/mol. The van der Waals surface area contributed by atoms with E-state index in [0.29, 0.717) is 12.1 Å². The summed E-state index contributed by atoms with van der Waals surface area (Å²) in [5.74, 6) is -2.89. The van der Waals surface area contributed by atoms with Gasteiger partial charge in [0, 0.05) is 30.1 Å². The predicted octanol–water partition coefficient (Wildman–Crippen LogP) is 2.56. The van der Waals surface area contributed by atoms with Gasteiger partial charge in [-0.1, -0.05) is 0 Å². The summed E-state index contributed by atoms with van der Waals surface area (Å²) in [5.41, 5.74) is -0.149. The molecule has 0 atom stereocenters. The molecule has 76 valence electrons. The maximum absolute atomic E-state index is 13.3. The molecule has 2 rings (SSSR count). The third kappa shape index (κ3) is 1.81. The van der Waals surface area contributed by atoms with Crippen LogP contribution in [0.1, 0.15) is 0 Å². The molecule has 1 aromatic heterocycles. The standard InChI is InChI=1S/C10H5F3N2/c11-7-1-8(12)10(9(13)2-7)6-3-14-5-15-4-6/h1-5H. The lowest BCUT2D eigenvalue weighted by atomic mass is 10.1. The van der Waals surface area contributed by atoms with Gasteiger partial charge in [-0.25, -0.2) is 23.1 Å². The van der Waals surface area contributed by atoms with Crippen LogP contribution in [0.4, 0.5) is 13.2 Å². The second-order valence-corrected chi connectivity index (χ2v) is 2.87. The van der Waals surface area contributed by atoms with Crippen molar-refractivity contribution in [2.75, 3.05) is 0 Å². The number of nitrogens with zero attached hydrogens (tertiary/aromatic N) is 2. The van der Waals surface area contributed by atoms with E-state index in [2.05, 4.69) is 9.97 Å². The van der Waals surface area contributed by atoms with Gasteiger partial charge in [0.05, 0.1) is 5.56 Å². The van der Waals surface area contributed by atoms with Crippen LogP contribution in [-0.4, -0.2) is 9.97 Å². The van der Waals surface area contributed by atoms with Gasteiger partial charge in [0.1, 0.15) is 23.8 Å². The van der Waals surface area contributed by atoms with Crippen LogP contribution >= 0.6 is 0 Å². The van der Waals surface area contributed by atoms with Gasteiger partial charge in [0.2, 0.25) is 0 Å². The van der Waals surface area contributed by atoms with Crippen LogP contribution in [0, 0.1) is 17.5 Å². The van der Waals surface area contributed by atoms with Crippen molar-refractivity contribution in [3.63, 3.8) is 0 Å². The molecule has 2 nitrogen and oxygen atoms in total. The zero-order valence-corrected chi connectivity index (χ0v) is 7.42. The Bertz CT molecular complexity index is 462. The Balaban J connectivity index is 2.64. The molecule has 5 heteroatoms. The van der Waals surface area contributed by atoms with Crippen LogP contribution in [0.3, 0.4) is 0 Å². The summed E-state index contributed by atoms with van der Waals surface area (Å²) in [6, 6.07) is 1.23. The SMILES string of the molecule is Fc1cc(F)c(-c2cncnc2)c(F)c1. The monoisotopic (exact) mass is 210 g/mol. The molecule has 0 aliphatic carbocycles. The molecular formula is C10H5F3N2. The molecule has 0 fully saturated rings. The van der Waals surface area contributed by atoms with Crippen LogP contribution in [0.2, 0.25) is 0 Å². The van der Waals surface area contributed by atoms with Gasteiger partial charge in [-0.05, 0) is 0 Å². The van der Waals surface area contributed by atoms with E-state index in [-0.39, 0.29) is 11.1 Å². The molecule has 0 N–H and O–H groups in total. The van der Waals surface area contributed by atoms with Crippen LogP contribution in [0.25, 0.3) is 11.1 Å². The summed E-state index contributed by atoms with van der Waals surface area (Å²) in [6.45, 7) is 0. The first-order valence-electron chi connectivity index (χ1n) is 4.08. The summed E-state index contributed by atoms with van der Waals surface area (Å²) in [7, 11) is 0. The van der Waals surface area contributed by atoms with Crippen molar-refractivity contribution in [2.24, 2.45) is 0 Å². The molecule has 0 saturated heterocycles. The summed E-state index contributed by atoms with van der Waals surface area (Å²) in [4.78, 5) is 7.26. The largest absolute Gasteiger partial charge is 0.244 e. The van der Waals surface area contributed by atoms with E-state index in [1.807, 2.05) is 0 Å². The summed E-state index contributed by atoms with van der Waals surface area (Å²) in [5, 5.41) is 0. The first-order valence-corrected chi connectivity index (χ1v) is 4.08. The van der Waals surface area contributed by atoms with Crippen molar-refractivity contribution in [2.45, 2.75) is 0 Å². The van der Waals surface area contributed by atoms with E-state index in [4.69, 9.17) is 0 Å². The first-order chi connectivity index (χ1) is 7.18. The lowest BCUT2D eigenvalue weighted by Gasteiger charge is -2.03. The van der Waals surface area contributed by atoms with Crippen LogP contribution in [-0.2, 0) is 0 Å². The van der Waals surface area contributed by atoms with Gasteiger partial charge >= 0.3 is 0 Å². The van der Waals surface area contributed by atoms with E-state index in [0.717, 1.165) is 0 Å². The maximum Gasteiger partial charge on any atom is 0.137 e. The molecule has 0 unspecified atom stereocenters. The predicted molar refractivity (Wildman–Crippen MR) is 47.3 cm³/mol. The fourth-order valence-electron chi connectivity index (χ4n) is 1.25. The minimum atomic E-state index is -0.970. The Morgan fingerprint density at radius 3 is 1.93 bits per heavy atom. The summed E-state index contributed by atoms with van der Waals surface area (Å²) >= 11 is 0. The number of hydrogen-bond acceptors (Lipinski definition) is 2. The number of halogens is 3. The van der Waals surface area contributed by atoms with Crippen molar-refractivity contribution >= 4 is 0 Å². The number of rotatable bonds is 1. The van der Waals surface area contributed by atoms with Crippen molar-refractivity contribution in [1.29, 1.82) is 0 Å². The molecular weight excluding hydrogens is 205 g/mol. The van der Waals surface area contributed by atoms with Gasteiger partial charge in [-0.3, -0.25) is 0 Å². The lowest BCUT2D eigenvalue weighted by molar-refractivity contribution is 0.548. The molecule has 0 saturated carbocycles. The summed E-state index contributed by atoms with van der Waals surface area (Å²) in [6.07, 6.45) is 3.75. The molecule has 0 bridgehead atoms. The van der Waals surface area contributed by atoms with E-state index in [1.165, 1.54) is 18.7 Å². The van der Waals surface area contributed by atoms with Gasteiger partial charge in [-0.2, -0.15) is 0 Å². The Morgan fingerprint density at radius 2 is 1.40 bits per heavy atom. The molecule has 0 radical (unpaired) electrons. The Labute approximate surface area is 83.4 Å². The Hall–Kier alpha value is -1.91. The van der Waals surface area contributed by atoms with Crippen molar-refractivity contribution in [3.8, 4) is 11.1 Å². The Morgan fingerprint density at radius 1 is 0.867 bits per heavy atom. The highest BCUT2D eigenvalue weighted by atomic mass is 19.1. The van der Waals surface area contributed by atoms with Crippen LogP contribution in [0.15, 0.2) is 30.9 Å². The van der Waals surface area contributed by atoms with E-state index >= 15 is 0 Å². The average Bonchev–Trinajstić information content (AvgIpc) is 2.17. The highest BCUT2D eigenvalue weighted by Crippen LogP contribution is 2.25. The van der Waals surface area contributed by atoms with Gasteiger partial charge in [0.15, 0.2) is 0 Å². The van der Waals surface area contributed by atoms with Crippen molar-refractivity contribution in [3.05, 3.63) is 48.3 Å². The Kier molecular flexibility index (Phi) is 2.37. The van der Waals surface area contributed by atoms with Crippen LogP contribution in [0.5, 0.6) is 0 Å². The van der Waals surface area contributed by atoms with Crippen LogP contribution < -0.4 is 0 Å². The smallest absolute Gasteiger partial charge is 0.137 e. The molecule has 1 aromatic carbocycles. The molecule has 0 amide bonds. The number of hydrogen-bond donors (Lipinski definition) is 0. The molecule has 15 heavy (non-hydrogen) atoms. The van der Waals surface area contributed by atoms with Gasteiger partial charge in [0.25, 0.3) is 0 Å². The maximum atomic E-state index is 13.3. The minimum Gasteiger partial charge on any atom is -0.244 e. The first kappa shape index (κ1) is 9.64. The topological polar surface area (TPSA) is 25.8 Å². The minimum absolute atomic E-state index is 0.174. The molecule has 0 aliphatic heterocycles. The molecule has 0 aliphatic rings. The molecule has 0 spiro atoms. The van der Waals surface area contributed by atoms with E-state index in [1.54, 1.807) is 0 Å². The number of aromatic nitrogens is 2. The van der Waals surface area contributed by atoms with Crippen molar-refractivity contribution < 1.29 is 13.2 Å². The second kappa shape index (κ2) is 3.68. The third-order valence-electron chi connectivity index (χ3n) is 1.86. The van der Waals surface area contributed by atoms with E-state index < -0.39 is 17.5 Å². The van der Waals surface area contributed by atoms with Crippen molar-refractivity contribution in [1.82, 2.24) is 9.97 Å². The zero-order chi connectivity index (χ0) is 10.8. The highest BCUT2D eigenvalue weighted by Gasteiger charge is 2.13. The summed E-state index contributed by atoms with van der Waals surface area (Å²) < 4.78 is 39.1. The molecule has 2 aromatic rings. The normalized spacial score (nSPS) is 10.3. The second-order valence-electron chi connectivity index (χ2n) is 2.87. The lowest BCUT2D eigenvalue weighted by Crippen LogP contribution is -1.93. The third-order valence-corrected chi connectivity index (χ3v) is 1.86. The zero-order valence-electron chi connectivity index (χ0n) is 7.42. The van der Waals surface area contributed by atoms with Gasteiger partial charge < -0.3 is 0 Å². The number of benzene rings is 1. The fraction of sp³-hybridized carbons (Fsp3) is 0.